The van der Waals surface area contributed by atoms with Gasteiger partial charge in [0.25, 0.3) is 0 Å². The van der Waals surface area contributed by atoms with Crippen LogP contribution >= 0.6 is 0 Å². The lowest BCUT2D eigenvalue weighted by atomic mass is 10.1. The second-order valence-corrected chi connectivity index (χ2v) is 4.79. The molecular formula is C16H13NO3. The Balaban J connectivity index is 1.84. The first kappa shape index (κ1) is 12.4. The van der Waals surface area contributed by atoms with E-state index in [1.165, 1.54) is 0 Å². The van der Waals surface area contributed by atoms with E-state index < -0.39 is 5.97 Å². The van der Waals surface area contributed by atoms with Crippen molar-refractivity contribution in [2.24, 2.45) is 0 Å². The molecule has 1 aliphatic rings. The van der Waals surface area contributed by atoms with Crippen LogP contribution in [0.5, 0.6) is 0 Å². The number of fused-ring (bicyclic) bond motifs is 1. The zero-order valence-electron chi connectivity index (χ0n) is 10.7. The Hall–Kier alpha value is -2.62. The van der Waals surface area contributed by atoms with Crippen molar-refractivity contribution < 1.29 is 14.7 Å². The number of hydrogen-bond donors (Lipinski definition) is 1. The molecule has 0 aliphatic carbocycles. The molecule has 4 nitrogen and oxygen atoms in total. The third kappa shape index (κ3) is 2.16. The van der Waals surface area contributed by atoms with Crippen molar-refractivity contribution >= 4 is 17.6 Å². The first-order valence-electron chi connectivity index (χ1n) is 6.35. The molecule has 100 valence electrons. The molecule has 2 aromatic carbocycles. The van der Waals surface area contributed by atoms with E-state index in [-0.39, 0.29) is 11.5 Å². The smallest absolute Gasteiger partial charge is 0.335 e. The zero-order valence-corrected chi connectivity index (χ0v) is 10.7. The van der Waals surface area contributed by atoms with Crippen LogP contribution in [0.25, 0.3) is 0 Å². The van der Waals surface area contributed by atoms with Gasteiger partial charge < -0.3 is 10.0 Å². The topological polar surface area (TPSA) is 57.6 Å². The number of amides is 1. The molecule has 0 saturated heterocycles. The standard InChI is InChI=1S/C16H13NO3/c18-15-9-13-3-1-2-4-14(13)17(15)10-11-5-7-12(8-6-11)16(19)20/h1-8H,9-10H2,(H,19,20). The number of anilines is 1. The van der Waals surface area contributed by atoms with Gasteiger partial charge in [-0.3, -0.25) is 4.79 Å². The number of nitrogens with zero attached hydrogens (tertiary/aromatic N) is 1. The van der Waals surface area contributed by atoms with Crippen LogP contribution < -0.4 is 4.90 Å². The molecule has 20 heavy (non-hydrogen) atoms. The molecule has 0 atom stereocenters. The number of carbonyl (C=O) groups excluding carboxylic acids is 1. The van der Waals surface area contributed by atoms with Crippen LogP contribution in [-0.4, -0.2) is 17.0 Å². The van der Waals surface area contributed by atoms with Gasteiger partial charge in [0.1, 0.15) is 0 Å². The van der Waals surface area contributed by atoms with Gasteiger partial charge in [-0.1, -0.05) is 30.3 Å². The van der Waals surface area contributed by atoms with Crippen LogP contribution in [0.1, 0.15) is 21.5 Å². The molecule has 1 amide bonds. The Kier molecular flexibility index (Phi) is 2.99. The Morgan fingerprint density at radius 2 is 1.80 bits per heavy atom. The van der Waals surface area contributed by atoms with E-state index in [0.717, 1.165) is 16.8 Å². The molecule has 2 aromatic rings. The Morgan fingerprint density at radius 3 is 2.50 bits per heavy atom. The van der Waals surface area contributed by atoms with Crippen LogP contribution in [0.4, 0.5) is 5.69 Å². The summed E-state index contributed by atoms with van der Waals surface area (Å²) in [6, 6.07) is 14.4. The molecule has 1 N–H and O–H groups in total. The zero-order chi connectivity index (χ0) is 14.1. The van der Waals surface area contributed by atoms with Crippen molar-refractivity contribution in [3.8, 4) is 0 Å². The van der Waals surface area contributed by atoms with E-state index in [4.69, 9.17) is 5.11 Å². The Morgan fingerprint density at radius 1 is 1.10 bits per heavy atom. The summed E-state index contributed by atoms with van der Waals surface area (Å²) in [5, 5.41) is 8.87. The molecule has 0 aromatic heterocycles. The molecule has 1 aliphatic heterocycles. The second kappa shape index (κ2) is 4.81. The summed E-state index contributed by atoms with van der Waals surface area (Å²) in [5.41, 5.74) is 3.15. The fourth-order valence-corrected chi connectivity index (χ4v) is 2.42. The van der Waals surface area contributed by atoms with Gasteiger partial charge in [0.05, 0.1) is 18.5 Å². The van der Waals surface area contributed by atoms with E-state index >= 15 is 0 Å². The number of carbonyl (C=O) groups is 2. The molecule has 3 rings (SSSR count). The average Bonchev–Trinajstić information content (AvgIpc) is 2.76. The van der Waals surface area contributed by atoms with Crippen molar-refractivity contribution in [3.05, 3.63) is 65.2 Å². The summed E-state index contributed by atoms with van der Waals surface area (Å²) < 4.78 is 0. The van der Waals surface area contributed by atoms with Gasteiger partial charge in [-0.05, 0) is 29.3 Å². The summed E-state index contributed by atoms with van der Waals surface area (Å²) in [4.78, 5) is 24.6. The van der Waals surface area contributed by atoms with Crippen molar-refractivity contribution in [1.29, 1.82) is 0 Å². The maximum Gasteiger partial charge on any atom is 0.335 e. The van der Waals surface area contributed by atoms with Crippen molar-refractivity contribution in [1.82, 2.24) is 0 Å². The molecule has 1 heterocycles. The number of benzene rings is 2. The third-order valence-electron chi connectivity index (χ3n) is 3.47. The number of carboxylic acids is 1. The summed E-state index contributed by atoms with van der Waals surface area (Å²) >= 11 is 0. The quantitative estimate of drug-likeness (QED) is 0.929. The van der Waals surface area contributed by atoms with Gasteiger partial charge in [0.15, 0.2) is 0 Å². The van der Waals surface area contributed by atoms with Crippen LogP contribution in [-0.2, 0) is 17.8 Å². The Bertz CT molecular complexity index is 676. The first-order valence-corrected chi connectivity index (χ1v) is 6.35. The maximum absolute atomic E-state index is 12.0. The van der Waals surface area contributed by atoms with Crippen LogP contribution in [0.2, 0.25) is 0 Å². The van der Waals surface area contributed by atoms with Gasteiger partial charge in [0.2, 0.25) is 5.91 Å². The average molecular weight is 267 g/mol. The predicted molar refractivity (Wildman–Crippen MR) is 74.7 cm³/mol. The highest BCUT2D eigenvalue weighted by Crippen LogP contribution is 2.29. The first-order chi connectivity index (χ1) is 9.65. The van der Waals surface area contributed by atoms with Gasteiger partial charge in [-0.25, -0.2) is 4.79 Å². The van der Waals surface area contributed by atoms with E-state index in [1.54, 1.807) is 29.2 Å². The van der Waals surface area contributed by atoms with E-state index in [0.29, 0.717) is 13.0 Å². The number of para-hydroxylation sites is 1. The molecule has 0 unspecified atom stereocenters. The fraction of sp³-hybridized carbons (Fsp3) is 0.125. The molecule has 0 saturated carbocycles. The highest BCUT2D eigenvalue weighted by atomic mass is 16.4. The second-order valence-electron chi connectivity index (χ2n) is 4.79. The molecule has 0 radical (unpaired) electrons. The third-order valence-corrected chi connectivity index (χ3v) is 3.47. The normalized spacial score (nSPS) is 13.4. The minimum absolute atomic E-state index is 0.0773. The Labute approximate surface area is 116 Å². The fourth-order valence-electron chi connectivity index (χ4n) is 2.42. The lowest BCUT2D eigenvalue weighted by Gasteiger charge is -2.17. The number of carboxylic acid groups (broad SMARTS) is 1. The molecule has 0 bridgehead atoms. The molecular weight excluding hydrogens is 254 g/mol. The van der Waals surface area contributed by atoms with Crippen molar-refractivity contribution in [3.63, 3.8) is 0 Å². The molecule has 0 spiro atoms. The summed E-state index contributed by atoms with van der Waals surface area (Å²) in [7, 11) is 0. The minimum atomic E-state index is -0.945. The van der Waals surface area contributed by atoms with Crippen molar-refractivity contribution in [2.45, 2.75) is 13.0 Å². The predicted octanol–water partition coefficient (Wildman–Crippen LogP) is 2.47. The van der Waals surface area contributed by atoms with E-state index in [2.05, 4.69) is 0 Å². The summed E-state index contributed by atoms with van der Waals surface area (Å²) in [6.07, 6.45) is 0.434. The van der Waals surface area contributed by atoms with Crippen molar-refractivity contribution in [2.75, 3.05) is 4.90 Å². The maximum atomic E-state index is 12.0. The summed E-state index contributed by atoms with van der Waals surface area (Å²) in [6.45, 7) is 0.468. The monoisotopic (exact) mass is 267 g/mol. The van der Waals surface area contributed by atoms with E-state index in [9.17, 15) is 9.59 Å². The number of hydrogen-bond acceptors (Lipinski definition) is 2. The molecule has 0 fully saturated rings. The number of aromatic carboxylic acids is 1. The van der Waals surface area contributed by atoms with Gasteiger partial charge in [-0.2, -0.15) is 0 Å². The van der Waals surface area contributed by atoms with Gasteiger partial charge in [-0.15, -0.1) is 0 Å². The van der Waals surface area contributed by atoms with Gasteiger partial charge in [0, 0.05) is 5.69 Å². The SMILES string of the molecule is O=C(O)c1ccc(CN2C(=O)Cc3ccccc32)cc1. The number of rotatable bonds is 3. The highest BCUT2D eigenvalue weighted by Gasteiger charge is 2.26. The summed E-state index contributed by atoms with van der Waals surface area (Å²) in [5.74, 6) is -0.868. The van der Waals surface area contributed by atoms with Crippen LogP contribution in [0.3, 0.4) is 0 Å². The largest absolute Gasteiger partial charge is 0.478 e. The van der Waals surface area contributed by atoms with Gasteiger partial charge >= 0.3 is 5.97 Å². The van der Waals surface area contributed by atoms with Crippen LogP contribution in [0.15, 0.2) is 48.5 Å². The van der Waals surface area contributed by atoms with Crippen LogP contribution in [0, 0.1) is 0 Å². The highest BCUT2D eigenvalue weighted by molar-refractivity contribution is 6.01. The lowest BCUT2D eigenvalue weighted by Crippen LogP contribution is -2.25. The molecule has 4 heteroatoms. The minimum Gasteiger partial charge on any atom is -0.478 e. The lowest BCUT2D eigenvalue weighted by molar-refractivity contribution is -0.117. The van der Waals surface area contributed by atoms with E-state index in [1.807, 2.05) is 24.3 Å².